The fourth-order valence-corrected chi connectivity index (χ4v) is 3.10. The zero-order chi connectivity index (χ0) is 15.6. The van der Waals surface area contributed by atoms with Gasteiger partial charge < -0.3 is 5.73 Å². The summed E-state index contributed by atoms with van der Waals surface area (Å²) in [5, 5.41) is 0. The minimum absolute atomic E-state index is 0.0171. The van der Waals surface area contributed by atoms with Gasteiger partial charge in [-0.15, -0.1) is 0 Å². The highest BCUT2D eigenvalue weighted by atomic mass is 19.4. The number of alkyl halides is 3. The summed E-state index contributed by atoms with van der Waals surface area (Å²) < 4.78 is 38.0. The second-order valence-corrected chi connectivity index (χ2v) is 6.26. The van der Waals surface area contributed by atoms with Crippen LogP contribution in [0.4, 0.5) is 13.2 Å². The molecule has 1 aromatic rings. The zero-order valence-corrected chi connectivity index (χ0v) is 12.5. The molecule has 1 aliphatic rings. The lowest BCUT2D eigenvalue weighted by Crippen LogP contribution is -2.47. The standard InChI is InChI=1S/C16H23F3N2/c1-11(2)10-21-9-3-4-14(20)15(21)12-5-7-13(8-6-12)16(17,18)19/h5-8,11,14-15H,3-4,9-10,20H2,1-2H3. The number of nitrogens with zero attached hydrogens (tertiary/aromatic N) is 1. The topological polar surface area (TPSA) is 29.3 Å². The molecule has 0 spiro atoms. The van der Waals surface area contributed by atoms with E-state index in [0.717, 1.165) is 43.6 Å². The van der Waals surface area contributed by atoms with Gasteiger partial charge >= 0.3 is 6.18 Å². The summed E-state index contributed by atoms with van der Waals surface area (Å²) >= 11 is 0. The number of likely N-dealkylation sites (tertiary alicyclic amines) is 1. The van der Waals surface area contributed by atoms with Crippen molar-refractivity contribution in [2.75, 3.05) is 13.1 Å². The molecular formula is C16H23F3N2. The SMILES string of the molecule is CC(C)CN1CCCC(N)C1c1ccc(C(F)(F)F)cc1. The van der Waals surface area contributed by atoms with E-state index in [-0.39, 0.29) is 12.1 Å². The summed E-state index contributed by atoms with van der Waals surface area (Å²) in [6, 6.07) is 5.46. The monoisotopic (exact) mass is 300 g/mol. The highest BCUT2D eigenvalue weighted by Gasteiger charge is 2.33. The van der Waals surface area contributed by atoms with Gasteiger partial charge in [0.25, 0.3) is 0 Å². The first-order valence-corrected chi connectivity index (χ1v) is 7.46. The van der Waals surface area contributed by atoms with Crippen LogP contribution in [0.1, 0.15) is 43.9 Å². The van der Waals surface area contributed by atoms with Gasteiger partial charge in [0.15, 0.2) is 0 Å². The van der Waals surface area contributed by atoms with E-state index >= 15 is 0 Å². The number of hydrogen-bond donors (Lipinski definition) is 1. The highest BCUT2D eigenvalue weighted by molar-refractivity contribution is 5.28. The van der Waals surface area contributed by atoms with Crippen molar-refractivity contribution in [3.05, 3.63) is 35.4 Å². The maximum atomic E-state index is 12.7. The predicted octanol–water partition coefficient (Wildman–Crippen LogP) is 3.83. The molecule has 1 saturated heterocycles. The lowest BCUT2D eigenvalue weighted by atomic mass is 9.90. The quantitative estimate of drug-likeness (QED) is 0.919. The Morgan fingerprint density at radius 2 is 1.86 bits per heavy atom. The van der Waals surface area contributed by atoms with Gasteiger partial charge in [0.2, 0.25) is 0 Å². The lowest BCUT2D eigenvalue weighted by molar-refractivity contribution is -0.137. The number of nitrogens with two attached hydrogens (primary N) is 1. The fourth-order valence-electron chi connectivity index (χ4n) is 3.10. The fraction of sp³-hybridized carbons (Fsp3) is 0.625. The third kappa shape index (κ3) is 3.98. The Bertz CT molecular complexity index is 454. The molecule has 0 radical (unpaired) electrons. The van der Waals surface area contributed by atoms with E-state index in [1.807, 2.05) is 0 Å². The lowest BCUT2D eigenvalue weighted by Gasteiger charge is -2.41. The Balaban J connectivity index is 2.23. The van der Waals surface area contributed by atoms with E-state index in [9.17, 15) is 13.2 Å². The van der Waals surface area contributed by atoms with Crippen LogP contribution in [0.25, 0.3) is 0 Å². The molecule has 1 aliphatic heterocycles. The predicted molar refractivity (Wildman–Crippen MR) is 77.8 cm³/mol. The summed E-state index contributed by atoms with van der Waals surface area (Å²) in [5.41, 5.74) is 6.52. The molecule has 0 aromatic heterocycles. The highest BCUT2D eigenvalue weighted by Crippen LogP contribution is 2.34. The van der Waals surface area contributed by atoms with Gasteiger partial charge in [-0.05, 0) is 43.0 Å². The van der Waals surface area contributed by atoms with Gasteiger partial charge in [0.05, 0.1) is 5.56 Å². The van der Waals surface area contributed by atoms with Crippen LogP contribution < -0.4 is 5.73 Å². The maximum Gasteiger partial charge on any atom is 0.416 e. The number of benzene rings is 1. The third-order valence-electron chi connectivity index (χ3n) is 3.96. The van der Waals surface area contributed by atoms with Crippen LogP contribution in [-0.2, 0) is 6.18 Å². The summed E-state index contributed by atoms with van der Waals surface area (Å²) in [4.78, 5) is 2.31. The van der Waals surface area contributed by atoms with E-state index in [2.05, 4.69) is 18.7 Å². The Hall–Kier alpha value is -1.07. The summed E-state index contributed by atoms with van der Waals surface area (Å²) in [7, 11) is 0. The first kappa shape index (κ1) is 16.3. The van der Waals surface area contributed by atoms with Crippen LogP contribution in [-0.4, -0.2) is 24.0 Å². The molecule has 5 heteroatoms. The van der Waals surface area contributed by atoms with Gasteiger partial charge in [-0.2, -0.15) is 13.2 Å². The van der Waals surface area contributed by atoms with Gasteiger partial charge in [0, 0.05) is 18.6 Å². The molecule has 0 bridgehead atoms. The van der Waals surface area contributed by atoms with Crippen molar-refractivity contribution in [3.8, 4) is 0 Å². The summed E-state index contributed by atoms with van der Waals surface area (Å²) in [6.07, 6.45) is -2.32. The van der Waals surface area contributed by atoms with Crippen LogP contribution in [0.3, 0.4) is 0 Å². The summed E-state index contributed by atoms with van der Waals surface area (Å²) in [5.74, 6) is 0.507. The van der Waals surface area contributed by atoms with E-state index in [1.165, 1.54) is 0 Å². The molecule has 0 amide bonds. The minimum Gasteiger partial charge on any atom is -0.326 e. The van der Waals surface area contributed by atoms with E-state index < -0.39 is 11.7 Å². The third-order valence-corrected chi connectivity index (χ3v) is 3.96. The molecule has 2 unspecified atom stereocenters. The normalized spacial score (nSPS) is 24.5. The van der Waals surface area contributed by atoms with Crippen LogP contribution in [0.15, 0.2) is 24.3 Å². The minimum atomic E-state index is -4.29. The van der Waals surface area contributed by atoms with E-state index in [4.69, 9.17) is 5.73 Å². The van der Waals surface area contributed by atoms with Crippen LogP contribution in [0.2, 0.25) is 0 Å². The van der Waals surface area contributed by atoms with E-state index in [1.54, 1.807) is 12.1 Å². The Morgan fingerprint density at radius 3 is 2.38 bits per heavy atom. The van der Waals surface area contributed by atoms with Crippen molar-refractivity contribution in [2.24, 2.45) is 11.7 Å². The zero-order valence-electron chi connectivity index (χ0n) is 12.5. The molecule has 0 saturated carbocycles. The molecule has 1 aromatic carbocycles. The molecule has 118 valence electrons. The average Bonchev–Trinajstić information content (AvgIpc) is 2.37. The second-order valence-electron chi connectivity index (χ2n) is 6.26. The van der Waals surface area contributed by atoms with Gasteiger partial charge in [-0.1, -0.05) is 26.0 Å². The molecule has 1 heterocycles. The smallest absolute Gasteiger partial charge is 0.326 e. The van der Waals surface area contributed by atoms with Crippen molar-refractivity contribution in [1.29, 1.82) is 0 Å². The van der Waals surface area contributed by atoms with Crippen molar-refractivity contribution in [2.45, 2.75) is 44.9 Å². The number of rotatable bonds is 3. The molecule has 2 rings (SSSR count). The molecular weight excluding hydrogens is 277 g/mol. The molecule has 2 atom stereocenters. The second kappa shape index (κ2) is 6.36. The van der Waals surface area contributed by atoms with Crippen LogP contribution >= 0.6 is 0 Å². The van der Waals surface area contributed by atoms with Crippen molar-refractivity contribution in [1.82, 2.24) is 4.90 Å². The number of piperidine rings is 1. The van der Waals surface area contributed by atoms with Crippen molar-refractivity contribution in [3.63, 3.8) is 0 Å². The van der Waals surface area contributed by atoms with Gasteiger partial charge in [-0.3, -0.25) is 4.90 Å². The molecule has 1 fully saturated rings. The maximum absolute atomic E-state index is 12.7. The van der Waals surface area contributed by atoms with Crippen molar-refractivity contribution < 1.29 is 13.2 Å². The van der Waals surface area contributed by atoms with Crippen LogP contribution in [0, 0.1) is 5.92 Å². The molecule has 2 N–H and O–H groups in total. The average molecular weight is 300 g/mol. The van der Waals surface area contributed by atoms with Crippen LogP contribution in [0.5, 0.6) is 0 Å². The summed E-state index contributed by atoms with van der Waals surface area (Å²) in [6.45, 7) is 6.16. The van der Waals surface area contributed by atoms with Crippen molar-refractivity contribution >= 4 is 0 Å². The molecule has 21 heavy (non-hydrogen) atoms. The molecule has 0 aliphatic carbocycles. The largest absolute Gasteiger partial charge is 0.416 e. The number of halogens is 3. The Labute approximate surface area is 124 Å². The molecule has 2 nitrogen and oxygen atoms in total. The Morgan fingerprint density at radius 1 is 1.24 bits per heavy atom. The van der Waals surface area contributed by atoms with Gasteiger partial charge in [0.1, 0.15) is 0 Å². The number of hydrogen-bond acceptors (Lipinski definition) is 2. The first-order chi connectivity index (χ1) is 9.79. The first-order valence-electron chi connectivity index (χ1n) is 7.46. The Kier molecular flexibility index (Phi) is 4.94. The van der Waals surface area contributed by atoms with E-state index in [0.29, 0.717) is 5.92 Å². The van der Waals surface area contributed by atoms with Gasteiger partial charge in [-0.25, -0.2) is 0 Å².